The molecule has 2 aromatic rings. The van der Waals surface area contributed by atoms with Gasteiger partial charge in [0.2, 0.25) is 6.33 Å². The van der Waals surface area contributed by atoms with Gasteiger partial charge in [0, 0.05) is 5.10 Å². The Bertz CT molecular complexity index is 428. The Balaban J connectivity index is 2.11. The maximum absolute atomic E-state index is 4.23. The van der Waals surface area contributed by atoms with Gasteiger partial charge in [-0.1, -0.05) is 29.8 Å². The Morgan fingerprint density at radius 2 is 2.00 bits per heavy atom. The first-order chi connectivity index (χ1) is 7.28. The lowest BCUT2D eigenvalue weighted by atomic mass is 10.1. The van der Waals surface area contributed by atoms with E-state index in [9.17, 15) is 0 Å². The van der Waals surface area contributed by atoms with Crippen LogP contribution in [0.4, 0.5) is 0 Å². The molecule has 0 atom stereocenters. The van der Waals surface area contributed by atoms with Gasteiger partial charge < -0.3 is 0 Å². The molecule has 0 N–H and O–H groups in total. The standard InChI is InChI=1S/C12H16N3/c1-3-15-10-14(9-13-15)8-12-6-4-11(2)5-7-12/h4-7,9-10H,3,8H2,1-2H3/q+1. The number of hydrogen-bond acceptors (Lipinski definition) is 1. The highest BCUT2D eigenvalue weighted by atomic mass is 15.3. The summed E-state index contributed by atoms with van der Waals surface area (Å²) in [4.78, 5) is 0. The predicted octanol–water partition coefficient (Wildman–Crippen LogP) is 1.55. The summed E-state index contributed by atoms with van der Waals surface area (Å²) >= 11 is 0. The first-order valence-corrected chi connectivity index (χ1v) is 5.25. The number of benzene rings is 1. The lowest BCUT2D eigenvalue weighted by Crippen LogP contribution is -2.31. The van der Waals surface area contributed by atoms with Crippen LogP contribution in [0.3, 0.4) is 0 Å². The van der Waals surface area contributed by atoms with Crippen LogP contribution < -0.4 is 4.57 Å². The minimum Gasteiger partial charge on any atom is -0.233 e. The third-order valence-electron chi connectivity index (χ3n) is 2.44. The van der Waals surface area contributed by atoms with Crippen LogP contribution in [0.2, 0.25) is 0 Å². The molecule has 1 aromatic heterocycles. The van der Waals surface area contributed by atoms with Gasteiger partial charge in [-0.15, -0.1) is 4.68 Å². The molecule has 0 bridgehead atoms. The molecule has 0 aliphatic rings. The minimum atomic E-state index is 0.889. The molecule has 0 aliphatic heterocycles. The number of aromatic nitrogens is 3. The van der Waals surface area contributed by atoms with E-state index in [1.807, 2.05) is 17.3 Å². The second-order valence-electron chi connectivity index (χ2n) is 3.76. The Hall–Kier alpha value is -1.64. The summed E-state index contributed by atoms with van der Waals surface area (Å²) in [5, 5.41) is 4.23. The molecule has 0 spiro atoms. The molecule has 0 fully saturated rings. The summed E-state index contributed by atoms with van der Waals surface area (Å²) in [7, 11) is 0. The fourth-order valence-corrected chi connectivity index (χ4v) is 1.51. The van der Waals surface area contributed by atoms with E-state index in [0.717, 1.165) is 13.1 Å². The van der Waals surface area contributed by atoms with Crippen molar-refractivity contribution in [2.45, 2.75) is 26.9 Å². The molecular formula is C12H16N3+. The number of nitrogens with zero attached hydrogens (tertiary/aromatic N) is 3. The highest BCUT2D eigenvalue weighted by Crippen LogP contribution is 2.02. The van der Waals surface area contributed by atoms with Gasteiger partial charge in [0.05, 0.1) is 6.54 Å². The van der Waals surface area contributed by atoms with Gasteiger partial charge in [-0.05, 0) is 19.4 Å². The van der Waals surface area contributed by atoms with Gasteiger partial charge in [0.25, 0.3) is 6.33 Å². The van der Waals surface area contributed by atoms with Crippen LogP contribution >= 0.6 is 0 Å². The van der Waals surface area contributed by atoms with E-state index >= 15 is 0 Å². The maximum Gasteiger partial charge on any atom is 0.265 e. The molecule has 0 unspecified atom stereocenters. The normalized spacial score (nSPS) is 10.5. The smallest absolute Gasteiger partial charge is 0.233 e. The van der Waals surface area contributed by atoms with E-state index < -0.39 is 0 Å². The summed E-state index contributed by atoms with van der Waals surface area (Å²) in [6.45, 7) is 6.00. The largest absolute Gasteiger partial charge is 0.265 e. The van der Waals surface area contributed by atoms with Gasteiger partial charge >= 0.3 is 0 Å². The Kier molecular flexibility index (Phi) is 2.81. The summed E-state index contributed by atoms with van der Waals surface area (Å²) in [6.07, 6.45) is 3.89. The molecule has 0 amide bonds. The molecule has 0 aliphatic carbocycles. The Morgan fingerprint density at radius 1 is 1.27 bits per heavy atom. The molecule has 3 nitrogen and oxygen atoms in total. The summed E-state index contributed by atoms with van der Waals surface area (Å²) < 4.78 is 4.02. The molecule has 2 rings (SSSR count). The highest BCUT2D eigenvalue weighted by molar-refractivity contribution is 5.20. The first-order valence-electron chi connectivity index (χ1n) is 5.25. The van der Waals surface area contributed by atoms with Crippen molar-refractivity contribution >= 4 is 0 Å². The molecule has 15 heavy (non-hydrogen) atoms. The first kappa shape index (κ1) is 9.90. The van der Waals surface area contributed by atoms with Crippen molar-refractivity contribution < 1.29 is 4.57 Å². The topological polar surface area (TPSA) is 21.7 Å². The van der Waals surface area contributed by atoms with Crippen molar-refractivity contribution in [3.63, 3.8) is 0 Å². The second kappa shape index (κ2) is 4.26. The van der Waals surface area contributed by atoms with Crippen molar-refractivity contribution in [2.75, 3.05) is 0 Å². The Labute approximate surface area is 90.0 Å². The van der Waals surface area contributed by atoms with Crippen LogP contribution in [0, 0.1) is 6.92 Å². The van der Waals surface area contributed by atoms with Crippen molar-refractivity contribution in [1.82, 2.24) is 9.78 Å². The quantitative estimate of drug-likeness (QED) is 0.692. The molecule has 1 aromatic carbocycles. The summed E-state index contributed by atoms with van der Waals surface area (Å²) in [5.41, 5.74) is 2.61. The van der Waals surface area contributed by atoms with Gasteiger partial charge in [-0.25, -0.2) is 4.57 Å². The monoisotopic (exact) mass is 202 g/mol. The lowest BCUT2D eigenvalue weighted by molar-refractivity contribution is -0.689. The zero-order valence-electron chi connectivity index (χ0n) is 9.22. The van der Waals surface area contributed by atoms with Gasteiger partial charge in [0.1, 0.15) is 6.54 Å². The van der Waals surface area contributed by atoms with Crippen LogP contribution in [-0.4, -0.2) is 9.78 Å². The van der Waals surface area contributed by atoms with Crippen molar-refractivity contribution in [3.05, 3.63) is 48.0 Å². The minimum absolute atomic E-state index is 0.889. The van der Waals surface area contributed by atoms with E-state index in [0.29, 0.717) is 0 Å². The van der Waals surface area contributed by atoms with E-state index in [-0.39, 0.29) is 0 Å². The fraction of sp³-hybridized carbons (Fsp3) is 0.333. The zero-order chi connectivity index (χ0) is 10.7. The average molecular weight is 202 g/mol. The predicted molar refractivity (Wildman–Crippen MR) is 58.4 cm³/mol. The van der Waals surface area contributed by atoms with E-state index in [2.05, 4.69) is 47.8 Å². The van der Waals surface area contributed by atoms with Crippen LogP contribution in [0.5, 0.6) is 0 Å². The van der Waals surface area contributed by atoms with Crippen molar-refractivity contribution in [2.24, 2.45) is 0 Å². The third-order valence-corrected chi connectivity index (χ3v) is 2.44. The third kappa shape index (κ3) is 2.43. The van der Waals surface area contributed by atoms with E-state index in [1.165, 1.54) is 11.1 Å². The number of hydrogen-bond donors (Lipinski definition) is 0. The average Bonchev–Trinajstić information content (AvgIpc) is 2.69. The lowest BCUT2D eigenvalue weighted by Gasteiger charge is -1.98. The fourth-order valence-electron chi connectivity index (χ4n) is 1.51. The molecule has 78 valence electrons. The van der Waals surface area contributed by atoms with E-state index in [1.54, 1.807) is 0 Å². The van der Waals surface area contributed by atoms with Crippen LogP contribution in [0.25, 0.3) is 0 Å². The second-order valence-corrected chi connectivity index (χ2v) is 3.76. The molecular weight excluding hydrogens is 186 g/mol. The SMILES string of the molecule is CCn1c[n+](Cc2ccc(C)cc2)cn1. The van der Waals surface area contributed by atoms with Crippen LogP contribution in [0.1, 0.15) is 18.1 Å². The van der Waals surface area contributed by atoms with Crippen molar-refractivity contribution in [3.8, 4) is 0 Å². The number of aryl methyl sites for hydroxylation is 2. The van der Waals surface area contributed by atoms with Crippen LogP contribution in [0.15, 0.2) is 36.9 Å². The highest BCUT2D eigenvalue weighted by Gasteiger charge is 2.03. The molecule has 3 heteroatoms. The van der Waals surface area contributed by atoms with Gasteiger partial charge in [-0.2, -0.15) is 0 Å². The molecule has 1 heterocycles. The van der Waals surface area contributed by atoms with E-state index in [4.69, 9.17) is 0 Å². The maximum atomic E-state index is 4.23. The molecule has 0 saturated heterocycles. The van der Waals surface area contributed by atoms with Gasteiger partial charge in [0.15, 0.2) is 0 Å². The van der Waals surface area contributed by atoms with Gasteiger partial charge in [-0.3, -0.25) is 0 Å². The Morgan fingerprint density at radius 3 is 2.60 bits per heavy atom. The molecule has 0 radical (unpaired) electrons. The van der Waals surface area contributed by atoms with Crippen LogP contribution in [-0.2, 0) is 13.1 Å². The zero-order valence-corrected chi connectivity index (χ0v) is 9.22. The summed E-state index contributed by atoms with van der Waals surface area (Å²) in [5.74, 6) is 0. The summed E-state index contributed by atoms with van der Waals surface area (Å²) in [6, 6.07) is 8.59. The molecule has 0 saturated carbocycles. The van der Waals surface area contributed by atoms with Crippen molar-refractivity contribution in [1.29, 1.82) is 0 Å². The number of rotatable bonds is 3.